The van der Waals surface area contributed by atoms with Crippen LogP contribution >= 0.6 is 23.2 Å². The lowest BCUT2D eigenvalue weighted by molar-refractivity contribution is 0.135. The highest BCUT2D eigenvalue weighted by atomic mass is 35.5. The molecule has 1 atom stereocenters. The summed E-state index contributed by atoms with van der Waals surface area (Å²) in [7, 11) is 0. The molecule has 3 aromatic carbocycles. The Morgan fingerprint density at radius 3 is 2.46 bits per heavy atom. The molecule has 0 saturated heterocycles. The van der Waals surface area contributed by atoms with E-state index in [1.807, 2.05) is 42.5 Å². The van der Waals surface area contributed by atoms with Crippen molar-refractivity contribution in [2.24, 2.45) is 0 Å². The highest BCUT2D eigenvalue weighted by Crippen LogP contribution is 2.40. The van der Waals surface area contributed by atoms with Crippen LogP contribution in [-0.4, -0.2) is 32.5 Å². The number of nitrogens with one attached hydrogen (secondary N) is 1. The summed E-state index contributed by atoms with van der Waals surface area (Å²) in [6, 6.07) is 21.4. The number of aromatic nitrogens is 3. The lowest BCUT2D eigenvalue weighted by atomic mass is 9.92. The zero-order valence-corrected chi connectivity index (χ0v) is 20.9. The van der Waals surface area contributed by atoms with Gasteiger partial charge in [-0.3, -0.25) is 4.90 Å². The van der Waals surface area contributed by atoms with Gasteiger partial charge in [-0.1, -0.05) is 35.3 Å². The number of rotatable bonds is 4. The molecule has 2 aromatic heterocycles. The van der Waals surface area contributed by atoms with E-state index in [1.165, 1.54) is 6.33 Å². The Morgan fingerprint density at radius 1 is 0.946 bits per heavy atom. The summed E-state index contributed by atoms with van der Waals surface area (Å²) >= 11 is 12.3. The first kappa shape index (κ1) is 23.3. The molecule has 9 heteroatoms. The topological polar surface area (TPSA) is 80.3 Å². The fourth-order valence-electron chi connectivity index (χ4n) is 4.64. The summed E-state index contributed by atoms with van der Waals surface area (Å²) in [6.07, 6.45) is 3.26. The largest absolute Gasteiger partial charge is 0.439 e. The average Bonchev–Trinajstić information content (AvgIpc) is 3.28. The number of aromatic amines is 1. The van der Waals surface area contributed by atoms with Crippen molar-refractivity contribution in [1.82, 2.24) is 19.9 Å². The van der Waals surface area contributed by atoms with Gasteiger partial charge in [0.15, 0.2) is 0 Å². The minimum absolute atomic E-state index is 0.400. The molecule has 1 aliphatic heterocycles. The van der Waals surface area contributed by atoms with E-state index in [0.717, 1.165) is 27.7 Å². The van der Waals surface area contributed by atoms with E-state index in [2.05, 4.69) is 15.0 Å². The molecular formula is C28H20Cl2N4O3. The van der Waals surface area contributed by atoms with Crippen molar-refractivity contribution in [3.8, 4) is 17.4 Å². The maximum Gasteiger partial charge on any atom is 0.416 e. The Balaban J connectivity index is 1.37. The minimum Gasteiger partial charge on any atom is -0.439 e. The second-order valence-electron chi connectivity index (χ2n) is 8.59. The van der Waals surface area contributed by atoms with E-state index in [-0.39, 0.29) is 0 Å². The number of benzene rings is 3. The van der Waals surface area contributed by atoms with Gasteiger partial charge >= 0.3 is 6.09 Å². The van der Waals surface area contributed by atoms with Crippen LogP contribution in [0.25, 0.3) is 10.9 Å². The van der Waals surface area contributed by atoms with E-state index >= 15 is 0 Å². The molecule has 0 spiro atoms. The molecule has 184 valence electrons. The smallest absolute Gasteiger partial charge is 0.416 e. The zero-order valence-electron chi connectivity index (χ0n) is 19.4. The number of hydrogen-bond donors (Lipinski definition) is 1. The molecule has 0 bridgehead atoms. The Kier molecular flexibility index (Phi) is 6.16. The zero-order chi connectivity index (χ0) is 25.4. The van der Waals surface area contributed by atoms with Gasteiger partial charge in [0, 0.05) is 45.5 Å². The van der Waals surface area contributed by atoms with Gasteiger partial charge in [0.05, 0.1) is 0 Å². The number of amides is 1. The number of carbonyl (C=O) groups is 1. The predicted octanol–water partition coefficient (Wildman–Crippen LogP) is 7.20. The van der Waals surface area contributed by atoms with Gasteiger partial charge in [0.2, 0.25) is 5.88 Å². The first-order valence-electron chi connectivity index (χ1n) is 11.6. The highest BCUT2D eigenvalue weighted by Gasteiger charge is 2.35. The Labute approximate surface area is 222 Å². The minimum atomic E-state index is -0.448. The van der Waals surface area contributed by atoms with Gasteiger partial charge in [-0.05, 0) is 72.1 Å². The molecule has 0 fully saturated rings. The molecule has 1 N–H and O–H groups in total. The van der Waals surface area contributed by atoms with Crippen molar-refractivity contribution in [1.29, 1.82) is 0 Å². The van der Waals surface area contributed by atoms with Crippen LogP contribution in [0.4, 0.5) is 4.79 Å². The quantitative estimate of drug-likeness (QED) is 0.265. The number of H-pyrrole nitrogens is 1. The monoisotopic (exact) mass is 530 g/mol. The van der Waals surface area contributed by atoms with Crippen molar-refractivity contribution < 1.29 is 14.3 Å². The van der Waals surface area contributed by atoms with Gasteiger partial charge in [0.1, 0.15) is 23.9 Å². The average molecular weight is 531 g/mol. The van der Waals surface area contributed by atoms with Gasteiger partial charge in [0.25, 0.3) is 0 Å². The first-order chi connectivity index (χ1) is 18.0. The third-order valence-electron chi connectivity index (χ3n) is 6.32. The molecule has 5 aromatic rings. The Bertz CT molecular complexity index is 1570. The molecule has 0 radical (unpaired) electrons. The SMILES string of the molecule is O=C(Oc1ccc(Cl)cc1)N1CCc2c([nH]c3ccc(Cl)cc23)[C@@H]1c1ccc(Oc2ccncn2)cc1. The van der Waals surface area contributed by atoms with E-state index in [1.54, 1.807) is 41.4 Å². The van der Waals surface area contributed by atoms with Crippen LogP contribution in [-0.2, 0) is 6.42 Å². The lowest BCUT2D eigenvalue weighted by Crippen LogP contribution is -2.42. The Hall–Kier alpha value is -4.07. The summed E-state index contributed by atoms with van der Waals surface area (Å²) in [5.74, 6) is 1.50. The van der Waals surface area contributed by atoms with E-state index in [9.17, 15) is 4.79 Å². The Morgan fingerprint density at radius 2 is 1.70 bits per heavy atom. The number of carbonyl (C=O) groups excluding carboxylic acids is 1. The number of halogens is 2. The molecule has 7 nitrogen and oxygen atoms in total. The molecule has 0 aliphatic carbocycles. The second kappa shape index (κ2) is 9.76. The fourth-order valence-corrected chi connectivity index (χ4v) is 4.94. The molecule has 6 rings (SSSR count). The van der Waals surface area contributed by atoms with Crippen molar-refractivity contribution in [2.75, 3.05) is 6.54 Å². The fraction of sp³-hybridized carbons (Fsp3) is 0.107. The van der Waals surface area contributed by atoms with Crippen molar-refractivity contribution in [3.05, 3.63) is 112 Å². The molecule has 1 aliphatic rings. The summed E-state index contributed by atoms with van der Waals surface area (Å²) in [4.78, 5) is 26.7. The number of fused-ring (bicyclic) bond motifs is 3. The molecule has 0 unspecified atom stereocenters. The summed E-state index contributed by atoms with van der Waals surface area (Å²) in [5, 5.41) is 2.30. The normalized spacial score (nSPS) is 14.9. The number of nitrogens with zero attached hydrogens (tertiary/aromatic N) is 3. The van der Waals surface area contributed by atoms with E-state index in [4.69, 9.17) is 32.7 Å². The molecule has 3 heterocycles. The van der Waals surface area contributed by atoms with E-state index < -0.39 is 12.1 Å². The van der Waals surface area contributed by atoms with Gasteiger partial charge < -0.3 is 14.5 Å². The van der Waals surface area contributed by atoms with Crippen LogP contribution in [0.3, 0.4) is 0 Å². The third-order valence-corrected chi connectivity index (χ3v) is 6.80. The van der Waals surface area contributed by atoms with Gasteiger partial charge in [-0.25, -0.2) is 14.8 Å². The molecule has 37 heavy (non-hydrogen) atoms. The van der Waals surface area contributed by atoms with Crippen LogP contribution in [0.5, 0.6) is 17.4 Å². The van der Waals surface area contributed by atoms with Crippen molar-refractivity contribution in [2.45, 2.75) is 12.5 Å². The predicted molar refractivity (Wildman–Crippen MR) is 142 cm³/mol. The first-order valence-corrected chi connectivity index (χ1v) is 12.4. The number of ether oxygens (including phenoxy) is 2. The van der Waals surface area contributed by atoms with E-state index in [0.29, 0.717) is 40.4 Å². The maximum absolute atomic E-state index is 13.4. The second-order valence-corrected chi connectivity index (χ2v) is 9.47. The summed E-state index contributed by atoms with van der Waals surface area (Å²) in [5.41, 5.74) is 3.94. The van der Waals surface area contributed by atoms with Crippen LogP contribution in [0.2, 0.25) is 10.0 Å². The number of hydrogen-bond acceptors (Lipinski definition) is 5. The van der Waals surface area contributed by atoms with Crippen molar-refractivity contribution >= 4 is 40.2 Å². The van der Waals surface area contributed by atoms with Crippen LogP contribution in [0.1, 0.15) is 22.9 Å². The summed E-state index contributed by atoms with van der Waals surface area (Å²) in [6.45, 7) is 0.475. The molecule has 0 saturated carbocycles. The van der Waals surface area contributed by atoms with Gasteiger partial charge in [-0.15, -0.1) is 0 Å². The van der Waals surface area contributed by atoms with Gasteiger partial charge in [-0.2, -0.15) is 0 Å². The summed E-state index contributed by atoms with van der Waals surface area (Å²) < 4.78 is 11.6. The van der Waals surface area contributed by atoms with Crippen LogP contribution in [0.15, 0.2) is 85.3 Å². The molecule has 1 amide bonds. The standard InChI is InChI=1S/C28H20Cl2N4O3/c29-18-3-8-21(9-4-18)37-28(35)34-14-12-22-23-15-19(30)5-10-24(23)33-26(22)27(34)17-1-6-20(7-2-17)36-25-11-13-31-16-32-25/h1-11,13,15-16,27,33H,12,14H2/t27-/m0/s1. The van der Waals surface area contributed by atoms with Crippen molar-refractivity contribution in [3.63, 3.8) is 0 Å². The lowest BCUT2D eigenvalue weighted by Gasteiger charge is -2.35. The third kappa shape index (κ3) is 4.71. The van der Waals surface area contributed by atoms with Crippen LogP contribution in [0, 0.1) is 0 Å². The molecular weight excluding hydrogens is 511 g/mol. The van der Waals surface area contributed by atoms with Crippen LogP contribution < -0.4 is 9.47 Å². The maximum atomic E-state index is 13.4. The highest BCUT2D eigenvalue weighted by molar-refractivity contribution is 6.31.